The molecule has 4 heteroatoms. The molecule has 2 heterocycles. The number of nitrogens with zero attached hydrogens (tertiary/aromatic N) is 1. The third-order valence-electron chi connectivity index (χ3n) is 2.21. The molecule has 0 radical (unpaired) electrons. The van der Waals surface area contributed by atoms with Crippen LogP contribution in [0.3, 0.4) is 0 Å². The summed E-state index contributed by atoms with van der Waals surface area (Å²) in [7, 11) is 0. The van der Waals surface area contributed by atoms with Crippen molar-refractivity contribution in [2.24, 2.45) is 0 Å². The molecule has 2 rings (SSSR count). The van der Waals surface area contributed by atoms with E-state index in [0.717, 1.165) is 37.7 Å². The van der Waals surface area contributed by atoms with Crippen LogP contribution in [0.15, 0.2) is 11.4 Å². The molecule has 1 saturated heterocycles. The van der Waals surface area contributed by atoms with Gasteiger partial charge in [-0.3, -0.25) is 4.90 Å². The standard InChI is InChI=1S/C9H13ClN2S/c10-8-5-9(13-7-8)6-12-3-1-11-2-4-12/h5,7,11H,1-4,6H2. The molecular weight excluding hydrogens is 204 g/mol. The first-order valence-electron chi connectivity index (χ1n) is 4.50. The molecule has 0 spiro atoms. The lowest BCUT2D eigenvalue weighted by atomic mass is 10.3. The van der Waals surface area contributed by atoms with Gasteiger partial charge >= 0.3 is 0 Å². The molecule has 1 fully saturated rings. The molecule has 0 aliphatic carbocycles. The van der Waals surface area contributed by atoms with E-state index < -0.39 is 0 Å². The Hall–Kier alpha value is -0.0900. The minimum absolute atomic E-state index is 0.870. The Morgan fingerprint density at radius 1 is 1.46 bits per heavy atom. The van der Waals surface area contributed by atoms with Crippen LogP contribution >= 0.6 is 22.9 Å². The van der Waals surface area contributed by atoms with Crippen molar-refractivity contribution in [2.45, 2.75) is 6.54 Å². The summed E-state index contributed by atoms with van der Waals surface area (Å²) in [6.45, 7) is 5.57. The lowest BCUT2D eigenvalue weighted by Crippen LogP contribution is -2.42. The fraction of sp³-hybridized carbons (Fsp3) is 0.556. The molecule has 1 aromatic heterocycles. The van der Waals surface area contributed by atoms with Crippen LogP contribution in [0.1, 0.15) is 4.88 Å². The molecular formula is C9H13ClN2S. The highest BCUT2D eigenvalue weighted by Crippen LogP contribution is 2.20. The second-order valence-electron chi connectivity index (χ2n) is 3.26. The molecule has 2 nitrogen and oxygen atoms in total. The van der Waals surface area contributed by atoms with Gasteiger partial charge in [0.25, 0.3) is 0 Å². The maximum atomic E-state index is 5.86. The van der Waals surface area contributed by atoms with Gasteiger partial charge in [-0.25, -0.2) is 0 Å². The number of hydrogen-bond acceptors (Lipinski definition) is 3. The highest BCUT2D eigenvalue weighted by atomic mass is 35.5. The van der Waals surface area contributed by atoms with Gasteiger partial charge in [0, 0.05) is 43.0 Å². The Morgan fingerprint density at radius 2 is 2.23 bits per heavy atom. The molecule has 0 unspecified atom stereocenters. The van der Waals surface area contributed by atoms with Crippen molar-refractivity contribution < 1.29 is 0 Å². The fourth-order valence-electron chi connectivity index (χ4n) is 1.53. The zero-order valence-corrected chi connectivity index (χ0v) is 9.00. The van der Waals surface area contributed by atoms with Crippen LogP contribution in [-0.2, 0) is 6.54 Å². The Kier molecular flexibility index (Phi) is 3.22. The zero-order valence-electron chi connectivity index (χ0n) is 7.42. The molecule has 0 saturated carbocycles. The summed E-state index contributed by atoms with van der Waals surface area (Å²) in [4.78, 5) is 3.82. The van der Waals surface area contributed by atoms with Crippen LogP contribution in [0.2, 0.25) is 5.02 Å². The van der Waals surface area contributed by atoms with E-state index >= 15 is 0 Å². The number of hydrogen-bond donors (Lipinski definition) is 1. The number of nitrogens with one attached hydrogen (secondary N) is 1. The number of piperazine rings is 1. The number of rotatable bonds is 2. The van der Waals surface area contributed by atoms with Gasteiger partial charge in [0.1, 0.15) is 0 Å². The summed E-state index contributed by atoms with van der Waals surface area (Å²) >= 11 is 7.61. The Morgan fingerprint density at radius 3 is 2.85 bits per heavy atom. The van der Waals surface area contributed by atoms with Crippen LogP contribution in [0.4, 0.5) is 0 Å². The van der Waals surface area contributed by atoms with Gasteiger partial charge in [-0.1, -0.05) is 11.6 Å². The van der Waals surface area contributed by atoms with Crippen molar-refractivity contribution in [3.63, 3.8) is 0 Å². The molecule has 1 aromatic rings. The van der Waals surface area contributed by atoms with Gasteiger partial charge in [0.15, 0.2) is 0 Å². The van der Waals surface area contributed by atoms with E-state index in [0.29, 0.717) is 0 Å². The molecule has 13 heavy (non-hydrogen) atoms. The van der Waals surface area contributed by atoms with E-state index in [1.807, 2.05) is 5.38 Å². The molecule has 1 N–H and O–H groups in total. The highest BCUT2D eigenvalue weighted by molar-refractivity contribution is 7.10. The fourth-order valence-corrected chi connectivity index (χ4v) is 2.64. The normalized spacial score (nSPS) is 19.2. The molecule has 0 aromatic carbocycles. The highest BCUT2D eigenvalue weighted by Gasteiger charge is 2.10. The average molecular weight is 217 g/mol. The first-order chi connectivity index (χ1) is 6.34. The van der Waals surface area contributed by atoms with Crippen molar-refractivity contribution in [1.82, 2.24) is 10.2 Å². The van der Waals surface area contributed by atoms with Crippen LogP contribution in [-0.4, -0.2) is 31.1 Å². The summed E-state index contributed by atoms with van der Waals surface area (Å²) in [6.07, 6.45) is 0. The van der Waals surface area contributed by atoms with E-state index in [9.17, 15) is 0 Å². The first kappa shape index (κ1) is 9.46. The summed E-state index contributed by atoms with van der Waals surface area (Å²) in [5.41, 5.74) is 0. The molecule has 0 bridgehead atoms. The van der Waals surface area contributed by atoms with Crippen LogP contribution in [0.5, 0.6) is 0 Å². The Bertz CT molecular complexity index is 268. The van der Waals surface area contributed by atoms with Crippen molar-refractivity contribution in [3.8, 4) is 0 Å². The Balaban J connectivity index is 1.89. The van der Waals surface area contributed by atoms with E-state index in [-0.39, 0.29) is 0 Å². The zero-order chi connectivity index (χ0) is 9.10. The first-order valence-corrected chi connectivity index (χ1v) is 5.76. The molecule has 0 atom stereocenters. The van der Waals surface area contributed by atoms with Gasteiger partial charge in [0.2, 0.25) is 0 Å². The monoisotopic (exact) mass is 216 g/mol. The van der Waals surface area contributed by atoms with Crippen molar-refractivity contribution in [1.29, 1.82) is 0 Å². The van der Waals surface area contributed by atoms with Gasteiger partial charge in [0.05, 0.1) is 5.02 Å². The van der Waals surface area contributed by atoms with E-state index in [1.54, 1.807) is 11.3 Å². The van der Waals surface area contributed by atoms with Crippen molar-refractivity contribution in [3.05, 3.63) is 21.3 Å². The smallest absolute Gasteiger partial charge is 0.0516 e. The molecule has 1 aliphatic heterocycles. The predicted molar refractivity (Wildman–Crippen MR) is 57.5 cm³/mol. The van der Waals surface area contributed by atoms with E-state index in [2.05, 4.69) is 16.3 Å². The number of thiophene rings is 1. The summed E-state index contributed by atoms with van der Waals surface area (Å²) in [5, 5.41) is 6.21. The number of halogens is 1. The lowest BCUT2D eigenvalue weighted by molar-refractivity contribution is 0.235. The van der Waals surface area contributed by atoms with Crippen molar-refractivity contribution >= 4 is 22.9 Å². The molecule has 72 valence electrons. The summed E-state index contributed by atoms with van der Waals surface area (Å²) in [5.74, 6) is 0. The van der Waals surface area contributed by atoms with Gasteiger partial charge in [-0.05, 0) is 6.07 Å². The minimum atomic E-state index is 0.870. The SMILES string of the molecule is Clc1csc(CN2CCNCC2)c1. The summed E-state index contributed by atoms with van der Waals surface area (Å²) in [6, 6.07) is 2.06. The third-order valence-corrected chi connectivity index (χ3v) is 3.48. The largest absolute Gasteiger partial charge is 0.314 e. The molecule has 1 aliphatic rings. The van der Waals surface area contributed by atoms with Gasteiger partial charge < -0.3 is 5.32 Å². The minimum Gasteiger partial charge on any atom is -0.314 e. The Labute approximate surface area is 87.5 Å². The van der Waals surface area contributed by atoms with Crippen LogP contribution in [0, 0.1) is 0 Å². The average Bonchev–Trinajstić information content (AvgIpc) is 2.53. The van der Waals surface area contributed by atoms with E-state index in [1.165, 1.54) is 4.88 Å². The van der Waals surface area contributed by atoms with E-state index in [4.69, 9.17) is 11.6 Å². The topological polar surface area (TPSA) is 15.3 Å². The quantitative estimate of drug-likeness (QED) is 0.811. The van der Waals surface area contributed by atoms with Crippen LogP contribution in [0.25, 0.3) is 0 Å². The second kappa shape index (κ2) is 4.42. The lowest BCUT2D eigenvalue weighted by Gasteiger charge is -2.26. The van der Waals surface area contributed by atoms with Gasteiger partial charge in [-0.15, -0.1) is 11.3 Å². The molecule has 0 amide bonds. The van der Waals surface area contributed by atoms with Crippen LogP contribution < -0.4 is 5.32 Å². The maximum Gasteiger partial charge on any atom is 0.0516 e. The maximum absolute atomic E-state index is 5.86. The third kappa shape index (κ3) is 2.68. The van der Waals surface area contributed by atoms with Crippen molar-refractivity contribution in [2.75, 3.05) is 26.2 Å². The van der Waals surface area contributed by atoms with Gasteiger partial charge in [-0.2, -0.15) is 0 Å². The predicted octanol–water partition coefficient (Wildman–Crippen LogP) is 1.81. The summed E-state index contributed by atoms with van der Waals surface area (Å²) < 4.78 is 0. The second-order valence-corrected chi connectivity index (χ2v) is 4.69.